The zero-order chi connectivity index (χ0) is 14.5. The van der Waals surface area contributed by atoms with Gasteiger partial charge in [0.25, 0.3) is 5.91 Å². The third kappa shape index (κ3) is 3.27. The molecule has 0 saturated carbocycles. The molecule has 0 heterocycles. The Hall–Kier alpha value is -2.53. The molecule has 5 nitrogen and oxygen atoms in total. The number of aryl methyl sites for hydroxylation is 1. The van der Waals surface area contributed by atoms with E-state index in [1.165, 1.54) is 11.6 Å². The number of nitrogens with one attached hydrogen (secondary N) is 1. The van der Waals surface area contributed by atoms with Crippen LogP contribution in [0.25, 0.3) is 0 Å². The van der Waals surface area contributed by atoms with Crippen molar-refractivity contribution in [2.24, 2.45) is 5.84 Å². The molecule has 0 unspecified atom stereocenters. The number of hydrogen-bond acceptors (Lipinski definition) is 4. The molecule has 0 radical (unpaired) electrons. The fourth-order valence-electron chi connectivity index (χ4n) is 1.77. The lowest BCUT2D eigenvalue weighted by Gasteiger charge is -2.11. The molecule has 2 rings (SSSR count). The Bertz CT molecular complexity index is 609. The zero-order valence-corrected chi connectivity index (χ0v) is 11.2. The largest absolute Gasteiger partial charge is 0.488 e. The highest BCUT2D eigenvalue weighted by atomic mass is 16.5. The fraction of sp³-hybridized carbons (Fsp3) is 0.133. The van der Waals surface area contributed by atoms with Crippen LogP contribution in [0.4, 0.5) is 5.69 Å². The average molecular weight is 271 g/mol. The van der Waals surface area contributed by atoms with E-state index in [-0.39, 0.29) is 0 Å². The maximum atomic E-state index is 11.7. The Kier molecular flexibility index (Phi) is 4.22. The predicted molar refractivity (Wildman–Crippen MR) is 78.0 cm³/mol. The first kappa shape index (κ1) is 13.9. The summed E-state index contributed by atoms with van der Waals surface area (Å²) < 4.78 is 5.67. The molecule has 0 aromatic heterocycles. The summed E-state index contributed by atoms with van der Waals surface area (Å²) in [6, 6.07) is 12.9. The number of carbonyl (C=O) groups is 1. The van der Waals surface area contributed by atoms with Crippen molar-refractivity contribution in [1.29, 1.82) is 0 Å². The first-order valence-corrected chi connectivity index (χ1v) is 6.19. The molecule has 0 fully saturated rings. The molecule has 0 aliphatic carbocycles. The molecule has 5 N–H and O–H groups in total. The van der Waals surface area contributed by atoms with Crippen molar-refractivity contribution >= 4 is 11.6 Å². The van der Waals surface area contributed by atoms with Crippen LogP contribution in [0.15, 0.2) is 42.5 Å². The molecular weight excluding hydrogens is 254 g/mol. The minimum Gasteiger partial charge on any atom is -0.488 e. The molecule has 0 aliphatic heterocycles. The number of benzene rings is 2. The van der Waals surface area contributed by atoms with Gasteiger partial charge in [-0.1, -0.05) is 29.8 Å². The normalized spacial score (nSPS) is 10.1. The van der Waals surface area contributed by atoms with Crippen LogP contribution in [0.2, 0.25) is 0 Å². The number of carbonyl (C=O) groups excluding carboxylic acids is 1. The number of ether oxygens (including phenoxy) is 1. The first-order chi connectivity index (χ1) is 9.60. The topological polar surface area (TPSA) is 90.4 Å². The van der Waals surface area contributed by atoms with E-state index in [1.54, 1.807) is 12.1 Å². The number of hydrogen-bond donors (Lipinski definition) is 3. The van der Waals surface area contributed by atoms with Crippen molar-refractivity contribution in [3.8, 4) is 5.75 Å². The van der Waals surface area contributed by atoms with Gasteiger partial charge < -0.3 is 10.5 Å². The molecule has 0 saturated heterocycles. The second-order valence-corrected chi connectivity index (χ2v) is 4.50. The molecule has 0 bridgehead atoms. The van der Waals surface area contributed by atoms with Crippen LogP contribution >= 0.6 is 0 Å². The van der Waals surface area contributed by atoms with Gasteiger partial charge >= 0.3 is 0 Å². The molecule has 104 valence electrons. The summed E-state index contributed by atoms with van der Waals surface area (Å²) in [5.41, 5.74) is 10.7. The van der Waals surface area contributed by atoms with E-state index >= 15 is 0 Å². The minimum absolute atomic E-state index is 0.319. The molecule has 0 atom stereocenters. The smallest absolute Gasteiger partial charge is 0.269 e. The summed E-state index contributed by atoms with van der Waals surface area (Å²) in [4.78, 5) is 11.7. The monoisotopic (exact) mass is 271 g/mol. The van der Waals surface area contributed by atoms with Gasteiger partial charge in [-0.15, -0.1) is 0 Å². The number of amides is 1. The molecule has 0 spiro atoms. The third-order valence-electron chi connectivity index (χ3n) is 2.89. The molecule has 2 aromatic rings. The molecule has 0 aliphatic rings. The van der Waals surface area contributed by atoms with Gasteiger partial charge in [-0.25, -0.2) is 5.84 Å². The van der Waals surface area contributed by atoms with Gasteiger partial charge in [0.05, 0.1) is 5.56 Å². The van der Waals surface area contributed by atoms with Gasteiger partial charge in [0.15, 0.2) is 0 Å². The summed E-state index contributed by atoms with van der Waals surface area (Å²) in [6.45, 7) is 2.39. The van der Waals surface area contributed by atoms with Crippen LogP contribution in [0.1, 0.15) is 21.5 Å². The van der Waals surface area contributed by atoms with Gasteiger partial charge in [-0.05, 0) is 30.7 Å². The molecule has 20 heavy (non-hydrogen) atoms. The van der Waals surface area contributed by atoms with Gasteiger partial charge in [-0.2, -0.15) is 0 Å². The quantitative estimate of drug-likeness (QED) is 0.342. The summed E-state index contributed by atoms with van der Waals surface area (Å²) in [5.74, 6) is 5.16. The van der Waals surface area contributed by atoms with Crippen molar-refractivity contribution in [2.45, 2.75) is 13.5 Å². The lowest BCUT2D eigenvalue weighted by Crippen LogP contribution is -2.30. The van der Waals surface area contributed by atoms with Gasteiger partial charge in [0.1, 0.15) is 12.4 Å². The van der Waals surface area contributed by atoms with E-state index < -0.39 is 5.91 Å². The maximum Gasteiger partial charge on any atom is 0.269 e. The van der Waals surface area contributed by atoms with Crippen LogP contribution in [0.5, 0.6) is 5.75 Å². The fourth-order valence-corrected chi connectivity index (χ4v) is 1.77. The second-order valence-electron chi connectivity index (χ2n) is 4.50. The number of hydrazine groups is 1. The van der Waals surface area contributed by atoms with E-state index in [2.05, 4.69) is 5.43 Å². The summed E-state index contributed by atoms with van der Waals surface area (Å²) in [7, 11) is 0. The molecule has 2 aromatic carbocycles. The Labute approximate surface area is 117 Å². The van der Waals surface area contributed by atoms with Gasteiger partial charge in [0.2, 0.25) is 0 Å². The first-order valence-electron chi connectivity index (χ1n) is 6.19. The predicted octanol–water partition coefficient (Wildman–Crippen LogP) is 1.76. The van der Waals surface area contributed by atoms with Crippen molar-refractivity contribution < 1.29 is 9.53 Å². The van der Waals surface area contributed by atoms with Crippen molar-refractivity contribution in [2.75, 3.05) is 5.73 Å². The Morgan fingerprint density at radius 3 is 2.55 bits per heavy atom. The highest BCUT2D eigenvalue weighted by Gasteiger charge is 2.12. The maximum absolute atomic E-state index is 11.7. The van der Waals surface area contributed by atoms with Crippen LogP contribution < -0.4 is 21.7 Å². The SMILES string of the molecule is Cc1ccc(COc2ccc(N)cc2C(=O)NN)cc1. The molecular formula is C15H17N3O2. The second kappa shape index (κ2) is 6.08. The van der Waals surface area contributed by atoms with Crippen molar-refractivity contribution in [1.82, 2.24) is 5.43 Å². The number of nitrogens with two attached hydrogens (primary N) is 2. The number of nitrogen functional groups attached to an aromatic ring is 2. The van der Waals surface area contributed by atoms with E-state index in [0.717, 1.165) is 5.56 Å². The van der Waals surface area contributed by atoms with E-state index in [0.29, 0.717) is 23.6 Å². The van der Waals surface area contributed by atoms with Crippen LogP contribution in [0, 0.1) is 6.92 Å². The Morgan fingerprint density at radius 1 is 1.20 bits per heavy atom. The number of rotatable bonds is 4. The molecule has 5 heteroatoms. The van der Waals surface area contributed by atoms with Gasteiger partial charge in [0, 0.05) is 5.69 Å². The van der Waals surface area contributed by atoms with Crippen molar-refractivity contribution in [3.63, 3.8) is 0 Å². The lowest BCUT2D eigenvalue weighted by atomic mass is 10.1. The highest BCUT2D eigenvalue weighted by molar-refractivity contribution is 5.97. The lowest BCUT2D eigenvalue weighted by molar-refractivity contribution is 0.0949. The standard InChI is InChI=1S/C15H17N3O2/c1-10-2-4-11(5-3-10)9-20-14-7-6-12(16)8-13(14)15(19)18-17/h2-8H,9,16-17H2,1H3,(H,18,19). The van der Waals surface area contributed by atoms with E-state index in [4.69, 9.17) is 16.3 Å². The van der Waals surface area contributed by atoms with Crippen LogP contribution in [-0.4, -0.2) is 5.91 Å². The van der Waals surface area contributed by atoms with E-state index in [9.17, 15) is 4.79 Å². The Morgan fingerprint density at radius 2 is 1.90 bits per heavy atom. The average Bonchev–Trinajstić information content (AvgIpc) is 2.46. The third-order valence-corrected chi connectivity index (χ3v) is 2.89. The van der Waals surface area contributed by atoms with E-state index in [1.807, 2.05) is 31.2 Å². The minimum atomic E-state index is -0.434. The summed E-state index contributed by atoms with van der Waals surface area (Å²) in [5, 5.41) is 0. The zero-order valence-electron chi connectivity index (χ0n) is 11.2. The van der Waals surface area contributed by atoms with Crippen LogP contribution in [0.3, 0.4) is 0 Å². The summed E-state index contributed by atoms with van der Waals surface area (Å²) >= 11 is 0. The highest BCUT2D eigenvalue weighted by Crippen LogP contribution is 2.22. The number of anilines is 1. The summed E-state index contributed by atoms with van der Waals surface area (Å²) in [6.07, 6.45) is 0. The Balaban J connectivity index is 2.16. The molecule has 1 amide bonds. The van der Waals surface area contributed by atoms with Gasteiger partial charge in [-0.3, -0.25) is 10.2 Å². The van der Waals surface area contributed by atoms with Crippen molar-refractivity contribution in [3.05, 3.63) is 59.2 Å². The van der Waals surface area contributed by atoms with Crippen LogP contribution in [-0.2, 0) is 6.61 Å².